The highest BCUT2D eigenvalue weighted by Crippen LogP contribution is 2.23. The fourth-order valence-electron chi connectivity index (χ4n) is 2.68. The van der Waals surface area contributed by atoms with E-state index in [1.54, 1.807) is 0 Å². The van der Waals surface area contributed by atoms with Gasteiger partial charge in [0, 0.05) is 11.4 Å². The van der Waals surface area contributed by atoms with Crippen molar-refractivity contribution in [1.29, 1.82) is 0 Å². The van der Waals surface area contributed by atoms with Crippen molar-refractivity contribution in [2.75, 3.05) is 6.54 Å². The quantitative estimate of drug-likeness (QED) is 0.722. The highest BCUT2D eigenvalue weighted by Gasteiger charge is 2.14. The van der Waals surface area contributed by atoms with E-state index in [1.807, 2.05) is 74.5 Å². The van der Waals surface area contributed by atoms with Crippen molar-refractivity contribution >= 4 is 16.9 Å². The smallest absolute Gasteiger partial charge is 0.234 e. The summed E-state index contributed by atoms with van der Waals surface area (Å²) < 4.78 is 5.79. The Balaban J connectivity index is 1.54. The summed E-state index contributed by atoms with van der Waals surface area (Å²) in [5.41, 5.74) is 2.00. The SMILES string of the molecule is C[C@@H](NCC(=O)N[C@H](C)c1cc2ccccc2o1)c1ccccc1. The molecule has 1 aromatic heterocycles. The first-order valence-electron chi connectivity index (χ1n) is 8.19. The van der Waals surface area contributed by atoms with Crippen LogP contribution in [0, 0.1) is 0 Å². The van der Waals surface area contributed by atoms with Gasteiger partial charge in [0.15, 0.2) is 0 Å². The molecule has 0 fully saturated rings. The zero-order valence-corrected chi connectivity index (χ0v) is 14.0. The second-order valence-electron chi connectivity index (χ2n) is 5.99. The fraction of sp³-hybridized carbons (Fsp3) is 0.250. The average molecular weight is 322 g/mol. The van der Waals surface area contributed by atoms with E-state index in [2.05, 4.69) is 10.6 Å². The summed E-state index contributed by atoms with van der Waals surface area (Å²) in [6.45, 7) is 4.24. The minimum atomic E-state index is -0.168. The van der Waals surface area contributed by atoms with Gasteiger partial charge in [-0.15, -0.1) is 0 Å². The normalized spacial score (nSPS) is 13.6. The van der Waals surface area contributed by atoms with Gasteiger partial charge in [-0.25, -0.2) is 0 Å². The zero-order chi connectivity index (χ0) is 16.9. The summed E-state index contributed by atoms with van der Waals surface area (Å²) in [6.07, 6.45) is 0. The molecule has 0 radical (unpaired) electrons. The van der Waals surface area contributed by atoms with E-state index in [0.29, 0.717) is 0 Å². The fourth-order valence-corrected chi connectivity index (χ4v) is 2.68. The lowest BCUT2D eigenvalue weighted by Crippen LogP contribution is -2.36. The monoisotopic (exact) mass is 322 g/mol. The predicted octanol–water partition coefficient (Wildman–Crippen LogP) is 3.96. The van der Waals surface area contributed by atoms with Crippen LogP contribution in [-0.4, -0.2) is 12.5 Å². The topological polar surface area (TPSA) is 54.3 Å². The summed E-state index contributed by atoms with van der Waals surface area (Å²) in [6, 6.07) is 19.8. The van der Waals surface area contributed by atoms with Gasteiger partial charge >= 0.3 is 0 Å². The van der Waals surface area contributed by atoms with E-state index in [-0.39, 0.29) is 24.5 Å². The van der Waals surface area contributed by atoms with Crippen molar-refractivity contribution in [1.82, 2.24) is 10.6 Å². The molecule has 0 saturated carbocycles. The van der Waals surface area contributed by atoms with Gasteiger partial charge in [0.25, 0.3) is 0 Å². The van der Waals surface area contributed by atoms with Gasteiger partial charge in [-0.3, -0.25) is 4.79 Å². The number of carbonyl (C=O) groups excluding carboxylic acids is 1. The minimum Gasteiger partial charge on any atom is -0.459 e. The number of hydrogen-bond donors (Lipinski definition) is 2. The van der Waals surface area contributed by atoms with Gasteiger partial charge in [0.05, 0.1) is 12.6 Å². The summed E-state index contributed by atoms with van der Waals surface area (Å²) in [7, 11) is 0. The van der Waals surface area contributed by atoms with Crippen LogP contribution in [0.4, 0.5) is 0 Å². The van der Waals surface area contributed by atoms with Crippen molar-refractivity contribution in [3.63, 3.8) is 0 Å². The second-order valence-corrected chi connectivity index (χ2v) is 5.99. The van der Waals surface area contributed by atoms with Crippen molar-refractivity contribution < 1.29 is 9.21 Å². The number of nitrogens with one attached hydrogen (secondary N) is 2. The lowest BCUT2D eigenvalue weighted by atomic mass is 10.1. The van der Waals surface area contributed by atoms with Crippen LogP contribution in [-0.2, 0) is 4.79 Å². The molecule has 3 rings (SSSR count). The van der Waals surface area contributed by atoms with Crippen LogP contribution in [0.2, 0.25) is 0 Å². The Kier molecular flexibility index (Phi) is 4.96. The molecule has 24 heavy (non-hydrogen) atoms. The Morgan fingerprint density at radius 1 is 1.00 bits per heavy atom. The van der Waals surface area contributed by atoms with Crippen LogP contribution in [0.25, 0.3) is 11.0 Å². The lowest BCUT2D eigenvalue weighted by Gasteiger charge is -2.16. The van der Waals surface area contributed by atoms with Gasteiger partial charge in [-0.1, -0.05) is 48.5 Å². The maximum Gasteiger partial charge on any atom is 0.234 e. The van der Waals surface area contributed by atoms with Crippen LogP contribution >= 0.6 is 0 Å². The number of hydrogen-bond acceptors (Lipinski definition) is 3. The third-order valence-corrected chi connectivity index (χ3v) is 4.12. The standard InChI is InChI=1S/C20H22N2O2/c1-14(16-8-4-3-5-9-16)21-13-20(23)22-15(2)19-12-17-10-6-7-11-18(17)24-19/h3-12,14-15,21H,13H2,1-2H3,(H,22,23)/t14-,15-/m1/s1. The van der Waals surface area contributed by atoms with E-state index < -0.39 is 0 Å². The molecule has 1 amide bonds. The number of fused-ring (bicyclic) bond motifs is 1. The van der Waals surface area contributed by atoms with Gasteiger partial charge < -0.3 is 15.1 Å². The Labute approximate surface area is 141 Å². The van der Waals surface area contributed by atoms with Gasteiger partial charge in [-0.2, -0.15) is 0 Å². The molecule has 4 nitrogen and oxygen atoms in total. The second kappa shape index (κ2) is 7.32. The molecular weight excluding hydrogens is 300 g/mol. The molecule has 124 valence electrons. The third kappa shape index (κ3) is 3.84. The Hall–Kier alpha value is -2.59. The highest BCUT2D eigenvalue weighted by atomic mass is 16.3. The molecule has 0 aliphatic heterocycles. The summed E-state index contributed by atoms with van der Waals surface area (Å²) in [5, 5.41) is 7.25. The molecule has 0 bridgehead atoms. The van der Waals surface area contributed by atoms with E-state index in [1.165, 1.54) is 0 Å². The van der Waals surface area contributed by atoms with E-state index >= 15 is 0 Å². The van der Waals surface area contributed by atoms with Crippen LogP contribution < -0.4 is 10.6 Å². The molecule has 1 heterocycles. The number of benzene rings is 2. The van der Waals surface area contributed by atoms with Crippen molar-refractivity contribution in [2.45, 2.75) is 25.9 Å². The number of para-hydroxylation sites is 1. The number of amides is 1. The molecule has 3 aromatic rings. The molecule has 2 atom stereocenters. The molecule has 0 spiro atoms. The van der Waals surface area contributed by atoms with E-state index in [9.17, 15) is 4.79 Å². The maximum atomic E-state index is 12.2. The van der Waals surface area contributed by atoms with Crippen LogP contribution in [0.3, 0.4) is 0 Å². The number of carbonyl (C=O) groups is 1. The molecule has 0 aliphatic rings. The zero-order valence-electron chi connectivity index (χ0n) is 14.0. The first kappa shape index (κ1) is 16.3. The molecular formula is C20H22N2O2. The molecule has 0 aliphatic carbocycles. The minimum absolute atomic E-state index is 0.0502. The van der Waals surface area contributed by atoms with Crippen LogP contribution in [0.1, 0.15) is 37.3 Å². The summed E-state index contributed by atoms with van der Waals surface area (Å²) in [5.74, 6) is 0.714. The molecule has 4 heteroatoms. The van der Waals surface area contributed by atoms with Crippen LogP contribution in [0.15, 0.2) is 65.1 Å². The van der Waals surface area contributed by atoms with Gasteiger partial charge in [-0.05, 0) is 31.5 Å². The Bertz CT molecular complexity index is 778. The molecule has 2 N–H and O–H groups in total. The van der Waals surface area contributed by atoms with E-state index in [4.69, 9.17) is 4.42 Å². The summed E-state index contributed by atoms with van der Waals surface area (Å²) >= 11 is 0. The lowest BCUT2D eigenvalue weighted by molar-refractivity contribution is -0.121. The molecule has 0 unspecified atom stereocenters. The maximum absolute atomic E-state index is 12.2. The largest absolute Gasteiger partial charge is 0.459 e. The number of rotatable bonds is 6. The van der Waals surface area contributed by atoms with Crippen molar-refractivity contribution in [2.24, 2.45) is 0 Å². The van der Waals surface area contributed by atoms with Gasteiger partial charge in [0.1, 0.15) is 11.3 Å². The Morgan fingerprint density at radius 2 is 1.71 bits per heavy atom. The molecule has 2 aromatic carbocycles. The van der Waals surface area contributed by atoms with Crippen molar-refractivity contribution in [3.05, 3.63) is 72.0 Å². The van der Waals surface area contributed by atoms with Crippen LogP contribution in [0.5, 0.6) is 0 Å². The summed E-state index contributed by atoms with van der Waals surface area (Å²) in [4.78, 5) is 12.2. The number of furan rings is 1. The molecule has 0 saturated heterocycles. The van der Waals surface area contributed by atoms with Crippen molar-refractivity contribution in [3.8, 4) is 0 Å². The third-order valence-electron chi connectivity index (χ3n) is 4.12. The first-order valence-corrected chi connectivity index (χ1v) is 8.19. The highest BCUT2D eigenvalue weighted by molar-refractivity contribution is 5.80. The van der Waals surface area contributed by atoms with E-state index in [0.717, 1.165) is 22.3 Å². The van der Waals surface area contributed by atoms with Gasteiger partial charge in [0.2, 0.25) is 5.91 Å². The predicted molar refractivity (Wildman–Crippen MR) is 95.6 cm³/mol. The first-order chi connectivity index (χ1) is 11.6. The average Bonchev–Trinajstić information content (AvgIpc) is 3.05. The Morgan fingerprint density at radius 3 is 2.46 bits per heavy atom.